The van der Waals surface area contributed by atoms with Gasteiger partial charge in [0.1, 0.15) is 12.4 Å². The summed E-state index contributed by atoms with van der Waals surface area (Å²) in [5.74, 6) is 0.539. The highest BCUT2D eigenvalue weighted by Crippen LogP contribution is 2.26. The molecule has 1 aliphatic carbocycles. The number of rotatable bonds is 6. The van der Waals surface area contributed by atoms with Gasteiger partial charge in [0.05, 0.1) is 10.6 Å². The Labute approximate surface area is 114 Å². The van der Waals surface area contributed by atoms with Crippen molar-refractivity contribution in [2.75, 3.05) is 32.2 Å². The molecule has 0 aliphatic heterocycles. The van der Waals surface area contributed by atoms with Gasteiger partial charge in [-0.25, -0.2) is 8.42 Å². The van der Waals surface area contributed by atoms with Gasteiger partial charge in [-0.1, -0.05) is 0 Å². The molecule has 0 amide bonds. The summed E-state index contributed by atoms with van der Waals surface area (Å²) in [7, 11) is -1.14. The van der Waals surface area contributed by atoms with E-state index in [0.29, 0.717) is 24.1 Å². The maximum Gasteiger partial charge on any atom is 0.175 e. The van der Waals surface area contributed by atoms with E-state index in [2.05, 4.69) is 11.9 Å². The van der Waals surface area contributed by atoms with Crippen molar-refractivity contribution >= 4 is 15.5 Å². The molecule has 0 unspecified atom stereocenters. The molecule has 2 rings (SSSR count). The van der Waals surface area contributed by atoms with Crippen LogP contribution >= 0.6 is 0 Å². The second-order valence-corrected chi connectivity index (χ2v) is 7.05. The number of hydrogen-bond acceptors (Lipinski definition) is 5. The fourth-order valence-electron chi connectivity index (χ4n) is 1.89. The highest BCUT2D eigenvalue weighted by Gasteiger charge is 2.25. The molecule has 19 heavy (non-hydrogen) atoms. The van der Waals surface area contributed by atoms with E-state index in [1.165, 1.54) is 25.0 Å². The van der Waals surface area contributed by atoms with E-state index >= 15 is 0 Å². The zero-order chi connectivity index (χ0) is 14.0. The summed E-state index contributed by atoms with van der Waals surface area (Å²) in [6.45, 7) is 1.40. The quantitative estimate of drug-likeness (QED) is 0.793. The number of anilines is 1. The molecular formula is C13H20N2O3S. The van der Waals surface area contributed by atoms with Gasteiger partial charge in [0.15, 0.2) is 9.84 Å². The smallest absolute Gasteiger partial charge is 0.175 e. The minimum Gasteiger partial charge on any atom is -0.490 e. The Kier molecular flexibility index (Phi) is 4.01. The third-order valence-electron chi connectivity index (χ3n) is 3.28. The van der Waals surface area contributed by atoms with Crippen molar-refractivity contribution in [1.29, 1.82) is 0 Å². The Morgan fingerprint density at radius 2 is 2.11 bits per heavy atom. The Morgan fingerprint density at radius 3 is 2.63 bits per heavy atom. The number of nitrogens with zero attached hydrogens (tertiary/aromatic N) is 1. The zero-order valence-corrected chi connectivity index (χ0v) is 12.1. The first kappa shape index (κ1) is 14.1. The summed E-state index contributed by atoms with van der Waals surface area (Å²) in [6, 6.07) is 5.28. The topological polar surface area (TPSA) is 72.6 Å². The average molecular weight is 284 g/mol. The van der Waals surface area contributed by atoms with Gasteiger partial charge in [-0.15, -0.1) is 0 Å². The molecule has 1 saturated carbocycles. The summed E-state index contributed by atoms with van der Waals surface area (Å²) >= 11 is 0. The molecule has 0 atom stereocenters. The first-order valence-electron chi connectivity index (χ1n) is 6.30. The van der Waals surface area contributed by atoms with Gasteiger partial charge in [0.2, 0.25) is 0 Å². The van der Waals surface area contributed by atoms with Gasteiger partial charge in [-0.3, -0.25) is 0 Å². The van der Waals surface area contributed by atoms with Crippen molar-refractivity contribution in [3.63, 3.8) is 0 Å². The van der Waals surface area contributed by atoms with Crippen LogP contribution in [0.4, 0.5) is 5.69 Å². The molecule has 0 bridgehead atoms. The molecule has 0 saturated heterocycles. The molecule has 0 heterocycles. The lowest BCUT2D eigenvalue weighted by Gasteiger charge is -2.16. The summed E-state index contributed by atoms with van der Waals surface area (Å²) in [5, 5.41) is 0. The van der Waals surface area contributed by atoms with Crippen LogP contribution in [-0.4, -0.2) is 45.8 Å². The van der Waals surface area contributed by atoms with Crippen LogP contribution in [-0.2, 0) is 9.84 Å². The third kappa shape index (κ3) is 3.84. The summed E-state index contributed by atoms with van der Waals surface area (Å²) in [4.78, 5) is 2.48. The van der Waals surface area contributed by atoms with E-state index in [-0.39, 0.29) is 4.90 Å². The number of benzene rings is 1. The fourth-order valence-corrected chi connectivity index (χ4v) is 2.54. The Hall–Kier alpha value is -1.27. The summed E-state index contributed by atoms with van der Waals surface area (Å²) in [6.07, 6.45) is 3.69. The van der Waals surface area contributed by atoms with E-state index < -0.39 is 9.84 Å². The predicted molar refractivity (Wildman–Crippen MR) is 75.1 cm³/mol. The van der Waals surface area contributed by atoms with E-state index in [4.69, 9.17) is 10.5 Å². The van der Waals surface area contributed by atoms with Crippen LogP contribution < -0.4 is 10.5 Å². The van der Waals surface area contributed by atoms with Crippen molar-refractivity contribution < 1.29 is 13.2 Å². The summed E-state index contributed by atoms with van der Waals surface area (Å²) in [5.41, 5.74) is 6.16. The van der Waals surface area contributed by atoms with E-state index in [1.807, 2.05) is 0 Å². The van der Waals surface area contributed by atoms with E-state index in [1.54, 1.807) is 6.07 Å². The van der Waals surface area contributed by atoms with Crippen LogP contribution in [0.5, 0.6) is 5.75 Å². The van der Waals surface area contributed by atoms with Crippen molar-refractivity contribution in [3.05, 3.63) is 18.2 Å². The van der Waals surface area contributed by atoms with Crippen LogP contribution in [0.1, 0.15) is 12.8 Å². The zero-order valence-electron chi connectivity index (χ0n) is 11.3. The van der Waals surface area contributed by atoms with Gasteiger partial charge in [0, 0.05) is 18.8 Å². The second kappa shape index (κ2) is 5.38. The number of nitrogens with two attached hydrogens (primary N) is 1. The summed E-state index contributed by atoms with van der Waals surface area (Å²) < 4.78 is 28.3. The minimum absolute atomic E-state index is 0.215. The molecule has 1 aromatic rings. The van der Waals surface area contributed by atoms with Crippen LogP contribution in [0.25, 0.3) is 0 Å². The van der Waals surface area contributed by atoms with Gasteiger partial charge in [-0.2, -0.15) is 0 Å². The Balaban J connectivity index is 1.93. The molecule has 0 radical (unpaired) electrons. The molecule has 1 aromatic carbocycles. The molecule has 5 nitrogen and oxygen atoms in total. The maximum atomic E-state index is 11.4. The molecule has 0 spiro atoms. The predicted octanol–water partition coefficient (Wildman–Crippen LogP) is 1.15. The van der Waals surface area contributed by atoms with Gasteiger partial charge in [-0.05, 0) is 38.1 Å². The first-order chi connectivity index (χ1) is 8.88. The number of nitrogen functional groups attached to an aromatic ring is 1. The molecule has 1 fully saturated rings. The van der Waals surface area contributed by atoms with Crippen molar-refractivity contribution in [3.8, 4) is 5.75 Å². The van der Waals surface area contributed by atoms with Crippen LogP contribution in [0.15, 0.2) is 23.1 Å². The monoisotopic (exact) mass is 284 g/mol. The van der Waals surface area contributed by atoms with E-state index in [0.717, 1.165) is 12.8 Å². The lowest BCUT2D eigenvalue weighted by atomic mass is 10.3. The number of ether oxygens (including phenoxy) is 1. The molecule has 6 heteroatoms. The Bertz CT molecular complexity index is 553. The third-order valence-corrected chi connectivity index (χ3v) is 4.39. The average Bonchev–Trinajstić information content (AvgIpc) is 3.13. The number of hydrogen-bond donors (Lipinski definition) is 1. The number of likely N-dealkylation sites (N-methyl/N-ethyl adjacent to an activating group) is 1. The molecule has 2 N–H and O–H groups in total. The van der Waals surface area contributed by atoms with E-state index in [9.17, 15) is 8.42 Å². The molecular weight excluding hydrogens is 264 g/mol. The standard InChI is InChI=1S/C13H20N2O3S/c1-15(10-3-4-10)7-8-18-13-6-5-11(9-12(13)14)19(2,16)17/h5-6,9-10H,3-4,7-8,14H2,1-2H3. The van der Waals surface area contributed by atoms with Crippen molar-refractivity contribution in [1.82, 2.24) is 4.90 Å². The van der Waals surface area contributed by atoms with Crippen molar-refractivity contribution in [2.24, 2.45) is 0 Å². The van der Waals surface area contributed by atoms with Crippen molar-refractivity contribution in [2.45, 2.75) is 23.8 Å². The lowest BCUT2D eigenvalue weighted by molar-refractivity contribution is 0.232. The first-order valence-corrected chi connectivity index (χ1v) is 8.19. The van der Waals surface area contributed by atoms with Crippen LogP contribution in [0.3, 0.4) is 0 Å². The SMILES string of the molecule is CN(CCOc1ccc(S(C)(=O)=O)cc1N)C1CC1. The Morgan fingerprint density at radius 1 is 1.42 bits per heavy atom. The van der Waals surface area contributed by atoms with Crippen LogP contribution in [0.2, 0.25) is 0 Å². The molecule has 0 aromatic heterocycles. The highest BCUT2D eigenvalue weighted by molar-refractivity contribution is 7.90. The largest absolute Gasteiger partial charge is 0.490 e. The lowest BCUT2D eigenvalue weighted by Crippen LogP contribution is -2.26. The number of sulfone groups is 1. The minimum atomic E-state index is -3.22. The van der Waals surface area contributed by atoms with Gasteiger partial charge in [0.25, 0.3) is 0 Å². The highest BCUT2D eigenvalue weighted by atomic mass is 32.2. The molecule has 106 valence electrons. The van der Waals surface area contributed by atoms with Gasteiger partial charge < -0.3 is 15.4 Å². The van der Waals surface area contributed by atoms with Crippen LogP contribution in [0, 0.1) is 0 Å². The second-order valence-electron chi connectivity index (χ2n) is 5.03. The molecule has 1 aliphatic rings. The van der Waals surface area contributed by atoms with Gasteiger partial charge >= 0.3 is 0 Å². The normalized spacial score (nSPS) is 15.7. The fraction of sp³-hybridized carbons (Fsp3) is 0.538. The maximum absolute atomic E-state index is 11.4.